The van der Waals surface area contributed by atoms with E-state index in [0.717, 1.165) is 17.5 Å². The molecule has 7 nitrogen and oxygen atoms in total. The zero-order valence-corrected chi connectivity index (χ0v) is 19.4. The number of ether oxygens (including phenoxy) is 1. The second-order valence-corrected chi connectivity index (χ2v) is 8.91. The number of amides is 1. The lowest BCUT2D eigenvalue weighted by Crippen LogP contribution is -2.61. The summed E-state index contributed by atoms with van der Waals surface area (Å²) in [5.74, 6) is -0.303. The second kappa shape index (κ2) is 8.95. The van der Waals surface area contributed by atoms with E-state index in [2.05, 4.69) is 0 Å². The zero-order chi connectivity index (χ0) is 23.7. The van der Waals surface area contributed by atoms with E-state index in [1.807, 2.05) is 71.8 Å². The number of pyridine rings is 1. The molecule has 0 aliphatic carbocycles. The second-order valence-electron chi connectivity index (χ2n) is 8.26. The van der Waals surface area contributed by atoms with Crippen molar-refractivity contribution < 1.29 is 14.6 Å². The highest BCUT2D eigenvalue weighted by atomic mass is 32.1. The molecule has 0 unspecified atom stereocenters. The van der Waals surface area contributed by atoms with Gasteiger partial charge in [0.05, 0.1) is 6.61 Å². The zero-order valence-electron chi connectivity index (χ0n) is 18.5. The number of rotatable bonds is 1. The SMILES string of the molecule is O=C1c2c(O)c(=O)ccn2N2CN1CC/C=C\CCOc1ccccc1[C@@]2(S)c1ccccc1. The molecule has 1 atom stereocenters. The monoisotopic (exact) mass is 475 g/mol. The van der Waals surface area contributed by atoms with Gasteiger partial charge in [-0.1, -0.05) is 60.7 Å². The number of hydrogen-bond donors (Lipinski definition) is 2. The van der Waals surface area contributed by atoms with E-state index in [1.54, 1.807) is 9.58 Å². The first-order valence-electron chi connectivity index (χ1n) is 11.2. The van der Waals surface area contributed by atoms with Crippen molar-refractivity contribution in [2.75, 3.05) is 24.8 Å². The lowest BCUT2D eigenvalue weighted by Gasteiger charge is -2.49. The van der Waals surface area contributed by atoms with Gasteiger partial charge in [-0.3, -0.25) is 19.3 Å². The Labute approximate surface area is 202 Å². The number of fused-ring (bicyclic) bond motifs is 5. The molecule has 0 spiro atoms. The fraction of sp³-hybridized carbons (Fsp3) is 0.231. The number of nitrogens with zero attached hydrogens (tertiary/aromatic N) is 3. The Morgan fingerprint density at radius 2 is 1.68 bits per heavy atom. The first-order valence-corrected chi connectivity index (χ1v) is 11.6. The minimum atomic E-state index is -1.10. The Balaban J connectivity index is 1.82. The summed E-state index contributed by atoms with van der Waals surface area (Å²) in [4.78, 5) is 26.2. The molecule has 8 heteroatoms. The normalized spacial score (nSPS) is 21.3. The molecule has 1 N–H and O–H groups in total. The summed E-state index contributed by atoms with van der Waals surface area (Å²) in [6.07, 6.45) is 6.93. The average Bonchev–Trinajstić information content (AvgIpc) is 2.87. The average molecular weight is 476 g/mol. The predicted molar refractivity (Wildman–Crippen MR) is 133 cm³/mol. The van der Waals surface area contributed by atoms with Crippen molar-refractivity contribution in [2.45, 2.75) is 17.7 Å². The molecule has 34 heavy (non-hydrogen) atoms. The van der Waals surface area contributed by atoms with Gasteiger partial charge in [-0.2, -0.15) is 0 Å². The molecular formula is C26H25N3O4S. The summed E-state index contributed by atoms with van der Waals surface area (Å²) in [6.45, 7) is 1.11. The van der Waals surface area contributed by atoms with E-state index in [1.165, 1.54) is 12.3 Å². The molecular weight excluding hydrogens is 450 g/mol. The molecule has 0 saturated heterocycles. The minimum Gasteiger partial charge on any atom is -0.502 e. The van der Waals surface area contributed by atoms with Crippen LogP contribution in [0.5, 0.6) is 11.5 Å². The smallest absolute Gasteiger partial charge is 0.277 e. The van der Waals surface area contributed by atoms with Crippen molar-refractivity contribution in [3.8, 4) is 11.5 Å². The molecule has 0 fully saturated rings. The van der Waals surface area contributed by atoms with Crippen LogP contribution in [0, 0.1) is 0 Å². The molecule has 5 rings (SSSR count). The fourth-order valence-electron chi connectivity index (χ4n) is 4.49. The van der Waals surface area contributed by atoms with Gasteiger partial charge in [-0.25, -0.2) is 0 Å². The number of aromatic nitrogens is 1. The van der Waals surface area contributed by atoms with E-state index in [0.29, 0.717) is 25.3 Å². The lowest BCUT2D eigenvalue weighted by atomic mass is 9.95. The number of carbonyl (C=O) groups excluding carboxylic acids is 1. The van der Waals surface area contributed by atoms with Crippen molar-refractivity contribution in [1.82, 2.24) is 9.58 Å². The van der Waals surface area contributed by atoms with E-state index >= 15 is 0 Å². The van der Waals surface area contributed by atoms with Crippen LogP contribution in [0.4, 0.5) is 0 Å². The quantitative estimate of drug-likeness (QED) is 0.417. The van der Waals surface area contributed by atoms with E-state index < -0.39 is 22.0 Å². The molecule has 3 aromatic rings. The van der Waals surface area contributed by atoms with Crippen LogP contribution in [0.25, 0.3) is 0 Å². The molecule has 2 aromatic carbocycles. The third kappa shape index (κ3) is 3.64. The van der Waals surface area contributed by atoms with Crippen LogP contribution >= 0.6 is 12.6 Å². The van der Waals surface area contributed by atoms with Crippen LogP contribution in [0.2, 0.25) is 0 Å². The Morgan fingerprint density at radius 3 is 2.50 bits per heavy atom. The van der Waals surface area contributed by atoms with Gasteiger partial charge in [0.1, 0.15) is 12.4 Å². The molecule has 0 radical (unpaired) electrons. The van der Waals surface area contributed by atoms with Crippen LogP contribution in [0.3, 0.4) is 0 Å². The summed E-state index contributed by atoms with van der Waals surface area (Å²) >= 11 is 5.28. The Bertz CT molecular complexity index is 1310. The first-order chi connectivity index (χ1) is 16.5. The van der Waals surface area contributed by atoms with Gasteiger partial charge in [0.25, 0.3) is 5.91 Å². The summed E-state index contributed by atoms with van der Waals surface area (Å²) < 4.78 is 7.74. The van der Waals surface area contributed by atoms with Crippen molar-refractivity contribution in [2.24, 2.45) is 0 Å². The number of benzene rings is 2. The van der Waals surface area contributed by atoms with E-state index in [-0.39, 0.29) is 12.4 Å². The first kappa shape index (κ1) is 22.2. The topological polar surface area (TPSA) is 75.0 Å². The van der Waals surface area contributed by atoms with Gasteiger partial charge < -0.3 is 14.7 Å². The molecule has 2 bridgehead atoms. The summed E-state index contributed by atoms with van der Waals surface area (Å²) in [5.41, 5.74) is 0.949. The number of hydrogen-bond acceptors (Lipinski definition) is 6. The van der Waals surface area contributed by atoms with Gasteiger partial charge in [0.2, 0.25) is 5.43 Å². The van der Waals surface area contributed by atoms with Crippen LogP contribution in [-0.2, 0) is 4.87 Å². The van der Waals surface area contributed by atoms with Crippen molar-refractivity contribution in [1.29, 1.82) is 0 Å². The largest absolute Gasteiger partial charge is 0.502 e. The third-order valence-electron chi connectivity index (χ3n) is 6.20. The Kier molecular flexibility index (Phi) is 5.83. The van der Waals surface area contributed by atoms with Crippen molar-refractivity contribution in [3.63, 3.8) is 0 Å². The van der Waals surface area contributed by atoms with Crippen molar-refractivity contribution >= 4 is 18.5 Å². The predicted octanol–water partition coefficient (Wildman–Crippen LogP) is 3.47. The van der Waals surface area contributed by atoms with Gasteiger partial charge in [0, 0.05) is 24.4 Å². The summed E-state index contributed by atoms with van der Waals surface area (Å²) in [7, 11) is 0. The number of aromatic hydroxyl groups is 1. The van der Waals surface area contributed by atoms with Crippen molar-refractivity contribution in [3.05, 3.63) is 106 Å². The maximum Gasteiger partial charge on any atom is 0.277 e. The number of carbonyl (C=O) groups is 1. The van der Waals surface area contributed by atoms with E-state index in [9.17, 15) is 14.7 Å². The van der Waals surface area contributed by atoms with Gasteiger partial charge in [0.15, 0.2) is 16.3 Å². The minimum absolute atomic E-state index is 0.0784. The standard InChI is InChI=1S/C26H25N3O4S/c30-21-14-16-28-23(24(21)31)25(32)27-15-8-1-2-9-17-33-22-13-7-6-12-20(22)26(34,29(28)18-27)19-10-4-3-5-11-19/h1-7,10-14,16,31,34H,8-9,15,17-18H2/b2-1-/t26-/m0/s1. The molecule has 1 aromatic heterocycles. The molecule has 0 saturated carbocycles. The van der Waals surface area contributed by atoms with E-state index in [4.69, 9.17) is 17.4 Å². The van der Waals surface area contributed by atoms with Gasteiger partial charge >= 0.3 is 0 Å². The molecule has 2 aliphatic heterocycles. The van der Waals surface area contributed by atoms with Gasteiger partial charge in [-0.05, 0) is 24.5 Å². The maximum absolute atomic E-state index is 13.4. The fourth-order valence-corrected chi connectivity index (χ4v) is 4.98. The lowest BCUT2D eigenvalue weighted by molar-refractivity contribution is 0.0678. The summed E-state index contributed by atoms with van der Waals surface area (Å²) in [6, 6.07) is 18.7. The highest BCUT2D eigenvalue weighted by Crippen LogP contribution is 2.44. The van der Waals surface area contributed by atoms with Crippen LogP contribution in [-0.4, -0.2) is 40.4 Å². The number of para-hydroxylation sites is 1. The molecule has 1 amide bonds. The maximum atomic E-state index is 13.4. The third-order valence-corrected chi connectivity index (χ3v) is 6.93. The van der Waals surface area contributed by atoms with Crippen LogP contribution in [0.15, 0.2) is 83.8 Å². The van der Waals surface area contributed by atoms with Crippen LogP contribution < -0.4 is 15.2 Å². The van der Waals surface area contributed by atoms with Crippen LogP contribution in [0.1, 0.15) is 34.5 Å². The highest BCUT2D eigenvalue weighted by Gasteiger charge is 2.45. The Morgan fingerprint density at radius 1 is 0.941 bits per heavy atom. The number of thiol groups is 1. The molecule has 2 aliphatic rings. The molecule has 174 valence electrons. The molecule has 3 heterocycles. The van der Waals surface area contributed by atoms with Gasteiger partial charge in [-0.15, -0.1) is 12.6 Å². The Hall–Kier alpha value is -3.65. The summed E-state index contributed by atoms with van der Waals surface area (Å²) in [5, 5.41) is 12.5. The highest BCUT2D eigenvalue weighted by molar-refractivity contribution is 7.81.